The Kier molecular flexibility index (Phi) is 10.2. The fraction of sp³-hybridized carbons (Fsp3) is 0.296. The molecule has 1 aliphatic carbocycles. The van der Waals surface area contributed by atoms with Crippen LogP contribution in [-0.4, -0.2) is 53.4 Å². The second kappa shape index (κ2) is 11.8. The minimum absolute atomic E-state index is 0. The van der Waals surface area contributed by atoms with Crippen molar-refractivity contribution in [3.05, 3.63) is 84.3 Å². The molecule has 2 aromatic carbocycles. The Hall–Kier alpha value is -1.000. The number of carbonyl (C=O) groups is 1. The van der Waals surface area contributed by atoms with Gasteiger partial charge in [0.05, 0.1) is 8.96 Å². The topological polar surface area (TPSA) is 91.7 Å². The third kappa shape index (κ3) is 5.85. The minimum atomic E-state index is -4.57. The van der Waals surface area contributed by atoms with Gasteiger partial charge in [0.1, 0.15) is 10.6 Å². The van der Waals surface area contributed by atoms with E-state index in [4.69, 9.17) is 0 Å². The molecule has 3 rings (SSSR count). The van der Waals surface area contributed by atoms with Gasteiger partial charge in [-0.05, 0) is 109 Å². The second-order valence-corrected chi connectivity index (χ2v) is 12.2. The van der Waals surface area contributed by atoms with Crippen LogP contribution in [0.5, 0.6) is 5.75 Å². The molecule has 0 unspecified atom stereocenters. The number of rotatable bonds is 5. The van der Waals surface area contributed by atoms with Gasteiger partial charge in [0.25, 0.3) is 10.1 Å². The van der Waals surface area contributed by atoms with E-state index in [1.54, 1.807) is 31.2 Å². The van der Waals surface area contributed by atoms with Crippen molar-refractivity contribution in [2.24, 2.45) is 5.92 Å². The predicted molar refractivity (Wildman–Crippen MR) is 154 cm³/mol. The third-order valence-electron chi connectivity index (χ3n) is 6.23. The van der Waals surface area contributed by atoms with Gasteiger partial charge < -0.3 is 5.11 Å². The van der Waals surface area contributed by atoms with Crippen LogP contribution in [0, 0.1) is 12.8 Å². The number of benzene rings is 2. The number of phenols is 1. The van der Waals surface area contributed by atoms with Gasteiger partial charge in [-0.2, -0.15) is 8.42 Å². The number of Topliss-reactive ketones (excluding diaryl/α,β-unsaturated/α-hetero) is 1. The molecule has 1 aliphatic rings. The predicted octanol–water partition coefficient (Wildman–Crippen LogP) is 6.82. The third-order valence-corrected chi connectivity index (χ3v) is 9.06. The van der Waals surface area contributed by atoms with Gasteiger partial charge in [0.15, 0.2) is 5.78 Å². The molecule has 0 bridgehead atoms. The van der Waals surface area contributed by atoms with Crippen molar-refractivity contribution >= 4 is 82.9 Å². The summed E-state index contributed by atoms with van der Waals surface area (Å²) in [5.74, 6) is -0.0867. The number of allylic oxidation sites excluding steroid dienone is 5. The number of ketones is 1. The summed E-state index contributed by atoms with van der Waals surface area (Å²) in [6.07, 6.45) is 1.80. The molecular weight excluding hydrogens is 619 g/mol. The van der Waals surface area contributed by atoms with Crippen molar-refractivity contribution in [2.75, 3.05) is 0 Å². The second-order valence-electron chi connectivity index (χ2n) is 9.24. The number of aromatic hydroxyl groups is 1. The van der Waals surface area contributed by atoms with Crippen molar-refractivity contribution < 1.29 is 22.9 Å². The molecular formula is C27H29Br2NaO5S. The van der Waals surface area contributed by atoms with E-state index in [9.17, 15) is 22.9 Å². The van der Waals surface area contributed by atoms with Crippen LogP contribution in [-0.2, 0) is 14.9 Å². The van der Waals surface area contributed by atoms with Crippen LogP contribution >= 0.6 is 31.9 Å². The molecule has 0 aromatic heterocycles. The van der Waals surface area contributed by atoms with Crippen LogP contribution < -0.4 is 0 Å². The molecule has 0 fully saturated rings. The summed E-state index contributed by atoms with van der Waals surface area (Å²) in [4.78, 5) is 12.7. The summed E-state index contributed by atoms with van der Waals surface area (Å²) >= 11 is 6.97. The van der Waals surface area contributed by atoms with Crippen LogP contribution in [0.15, 0.2) is 67.0 Å². The van der Waals surface area contributed by atoms with Crippen molar-refractivity contribution in [1.82, 2.24) is 0 Å². The van der Waals surface area contributed by atoms with Gasteiger partial charge in [0, 0.05) is 11.1 Å². The Balaban J connectivity index is 0.00000456. The zero-order valence-electron chi connectivity index (χ0n) is 20.4. The Labute approximate surface area is 252 Å². The van der Waals surface area contributed by atoms with Crippen molar-refractivity contribution in [2.45, 2.75) is 52.4 Å². The Bertz CT molecular complexity index is 1430. The summed E-state index contributed by atoms with van der Waals surface area (Å²) in [6, 6.07) is 8.10. The molecule has 0 heterocycles. The van der Waals surface area contributed by atoms with Crippen molar-refractivity contribution in [3.8, 4) is 5.75 Å². The van der Waals surface area contributed by atoms with Gasteiger partial charge in [-0.15, -0.1) is 0 Å². The average molecular weight is 648 g/mol. The quantitative estimate of drug-likeness (QED) is 0.275. The van der Waals surface area contributed by atoms with Gasteiger partial charge in [-0.25, -0.2) is 0 Å². The normalized spacial score (nSPS) is 15.9. The summed E-state index contributed by atoms with van der Waals surface area (Å²) in [5, 5.41) is 10.8. The van der Waals surface area contributed by atoms with E-state index in [0.29, 0.717) is 53.5 Å². The Morgan fingerprint density at radius 1 is 0.972 bits per heavy atom. The standard InChI is InChI=1S/C27H28Br2O5S.Na.H/c1-13(2)18-11-20(15(5)24(28)26(18)30)23(17-9-7-8-10-22(17)35(32,33)34)21-12-19(14(3)4)27(31)25(29)16(21)6;;/h7-14,30H,1-6H3,(H,32,33,34);;. The van der Waals surface area contributed by atoms with E-state index < -0.39 is 10.1 Å². The molecule has 5 nitrogen and oxygen atoms in total. The van der Waals surface area contributed by atoms with Crippen LogP contribution in [0.4, 0.5) is 0 Å². The van der Waals surface area contributed by atoms with Gasteiger partial charge in [-0.1, -0.05) is 45.9 Å². The van der Waals surface area contributed by atoms with Crippen LogP contribution in [0.1, 0.15) is 62.8 Å². The van der Waals surface area contributed by atoms with Crippen LogP contribution in [0.25, 0.3) is 5.57 Å². The molecule has 2 aromatic rings. The zero-order chi connectivity index (χ0) is 26.4. The monoisotopic (exact) mass is 646 g/mol. The molecule has 9 heteroatoms. The van der Waals surface area contributed by atoms with Gasteiger partial charge in [-0.3, -0.25) is 9.35 Å². The van der Waals surface area contributed by atoms with Gasteiger partial charge >= 0.3 is 29.6 Å². The number of hydrogen-bond donors (Lipinski definition) is 2. The molecule has 0 radical (unpaired) electrons. The average Bonchev–Trinajstić information content (AvgIpc) is 2.78. The molecule has 188 valence electrons. The summed E-state index contributed by atoms with van der Waals surface area (Å²) in [7, 11) is -4.57. The van der Waals surface area contributed by atoms with Crippen LogP contribution in [0.2, 0.25) is 0 Å². The first-order valence-electron chi connectivity index (χ1n) is 11.1. The van der Waals surface area contributed by atoms with E-state index in [0.717, 1.165) is 0 Å². The Morgan fingerprint density at radius 2 is 1.56 bits per heavy atom. The number of hydrogen-bond acceptors (Lipinski definition) is 4. The Morgan fingerprint density at radius 3 is 2.08 bits per heavy atom. The van der Waals surface area contributed by atoms with E-state index in [-0.39, 0.29) is 57.8 Å². The summed E-state index contributed by atoms with van der Waals surface area (Å²) in [6.45, 7) is 11.4. The zero-order valence-corrected chi connectivity index (χ0v) is 24.4. The van der Waals surface area contributed by atoms with E-state index in [1.165, 1.54) is 6.07 Å². The summed E-state index contributed by atoms with van der Waals surface area (Å²) < 4.78 is 35.8. The number of halogens is 2. The number of carbonyl (C=O) groups excluding carboxylic acids is 1. The maximum absolute atomic E-state index is 13.0. The molecule has 0 saturated carbocycles. The number of phenolic OH excluding ortho intramolecular Hbond substituents is 1. The SMILES string of the molecule is CC1=C(Br)C(=O)C(C(C)C)=CC1=C(c1ccccc1S(=O)(=O)O)c1cc(C(C)C)c(O)c(Br)c1C.[NaH]. The molecule has 0 amide bonds. The fourth-order valence-corrected chi connectivity index (χ4v) is 5.80. The van der Waals surface area contributed by atoms with E-state index in [1.807, 2.05) is 40.7 Å². The van der Waals surface area contributed by atoms with Crippen molar-refractivity contribution in [3.63, 3.8) is 0 Å². The van der Waals surface area contributed by atoms with Crippen molar-refractivity contribution in [1.29, 1.82) is 0 Å². The first-order valence-corrected chi connectivity index (χ1v) is 14.2. The summed E-state index contributed by atoms with van der Waals surface area (Å²) in [5.41, 5.74) is 4.78. The van der Waals surface area contributed by atoms with Crippen LogP contribution in [0.3, 0.4) is 0 Å². The van der Waals surface area contributed by atoms with E-state index >= 15 is 0 Å². The molecule has 0 atom stereocenters. The molecule has 2 N–H and O–H groups in total. The van der Waals surface area contributed by atoms with E-state index in [2.05, 4.69) is 31.9 Å². The fourth-order valence-electron chi connectivity index (χ4n) is 4.22. The maximum atomic E-state index is 13.0. The molecule has 0 saturated heterocycles. The molecule has 0 spiro atoms. The molecule has 0 aliphatic heterocycles. The first kappa shape index (κ1) is 31.2. The first-order chi connectivity index (χ1) is 16.2. The van der Waals surface area contributed by atoms with Gasteiger partial charge in [0.2, 0.25) is 0 Å². The molecule has 36 heavy (non-hydrogen) atoms.